The Kier molecular flexibility index (Phi) is 5.27. The normalized spacial score (nSPS) is 14.9. The molecule has 0 bridgehead atoms. The van der Waals surface area contributed by atoms with Gasteiger partial charge in [-0.1, -0.05) is 36.8 Å². The highest BCUT2D eigenvalue weighted by molar-refractivity contribution is 6.04. The molecule has 0 saturated carbocycles. The number of aromatic nitrogens is 2. The third kappa shape index (κ3) is 3.66. The molecule has 7 nitrogen and oxygen atoms in total. The first-order valence-corrected chi connectivity index (χ1v) is 9.93. The lowest BCUT2D eigenvalue weighted by Crippen LogP contribution is -2.23. The molecule has 7 heteroatoms. The van der Waals surface area contributed by atoms with Gasteiger partial charge in [0.15, 0.2) is 0 Å². The Hall–Kier alpha value is -3.61. The SMILES string of the molecule is CCc1nn2c(c1-c1cccc(OC)c1)NC(=O)C2CC(=O)Nc1ccc(C)cc1. The summed E-state index contributed by atoms with van der Waals surface area (Å²) in [6, 6.07) is 14.5. The number of anilines is 2. The van der Waals surface area contributed by atoms with E-state index >= 15 is 0 Å². The van der Waals surface area contributed by atoms with Crippen LogP contribution in [0.5, 0.6) is 5.75 Å². The van der Waals surface area contributed by atoms with Crippen LogP contribution < -0.4 is 15.4 Å². The minimum atomic E-state index is -0.685. The molecule has 2 aromatic carbocycles. The number of hydrogen-bond donors (Lipinski definition) is 2. The molecule has 2 amide bonds. The van der Waals surface area contributed by atoms with E-state index in [1.54, 1.807) is 11.8 Å². The zero-order chi connectivity index (χ0) is 21.3. The molecule has 30 heavy (non-hydrogen) atoms. The van der Waals surface area contributed by atoms with Crippen molar-refractivity contribution >= 4 is 23.3 Å². The molecule has 1 aromatic heterocycles. The molecule has 1 atom stereocenters. The monoisotopic (exact) mass is 404 g/mol. The number of carbonyl (C=O) groups is 2. The molecule has 2 N–H and O–H groups in total. The summed E-state index contributed by atoms with van der Waals surface area (Å²) in [6.45, 7) is 4.00. The lowest BCUT2D eigenvalue weighted by atomic mass is 10.0. The van der Waals surface area contributed by atoms with Crippen LogP contribution in [-0.4, -0.2) is 28.7 Å². The molecule has 4 rings (SSSR count). The summed E-state index contributed by atoms with van der Waals surface area (Å²) in [7, 11) is 1.62. The van der Waals surface area contributed by atoms with Crippen molar-refractivity contribution in [3.8, 4) is 16.9 Å². The van der Waals surface area contributed by atoms with E-state index in [4.69, 9.17) is 4.74 Å². The van der Waals surface area contributed by atoms with E-state index in [1.165, 1.54) is 0 Å². The molecule has 1 unspecified atom stereocenters. The third-order valence-electron chi connectivity index (χ3n) is 5.23. The average molecular weight is 404 g/mol. The van der Waals surface area contributed by atoms with Gasteiger partial charge in [-0.25, -0.2) is 4.68 Å². The van der Waals surface area contributed by atoms with Gasteiger partial charge in [-0.3, -0.25) is 9.59 Å². The molecule has 154 valence electrons. The molecule has 0 aliphatic carbocycles. The van der Waals surface area contributed by atoms with E-state index in [-0.39, 0.29) is 18.2 Å². The zero-order valence-electron chi connectivity index (χ0n) is 17.2. The van der Waals surface area contributed by atoms with Crippen molar-refractivity contribution in [2.75, 3.05) is 17.7 Å². The van der Waals surface area contributed by atoms with E-state index in [1.807, 2.05) is 62.4 Å². The predicted molar refractivity (Wildman–Crippen MR) is 116 cm³/mol. The minimum Gasteiger partial charge on any atom is -0.497 e. The summed E-state index contributed by atoms with van der Waals surface area (Å²) in [6.07, 6.45) is 0.708. The molecule has 3 aromatic rings. The number of amides is 2. The van der Waals surface area contributed by atoms with Crippen LogP contribution in [0.2, 0.25) is 0 Å². The van der Waals surface area contributed by atoms with Crippen molar-refractivity contribution in [3.05, 3.63) is 59.8 Å². The van der Waals surface area contributed by atoms with Crippen molar-refractivity contribution in [1.29, 1.82) is 0 Å². The third-order valence-corrected chi connectivity index (χ3v) is 5.23. The fourth-order valence-electron chi connectivity index (χ4n) is 3.67. The molecule has 2 heterocycles. The summed E-state index contributed by atoms with van der Waals surface area (Å²) >= 11 is 0. The van der Waals surface area contributed by atoms with Gasteiger partial charge < -0.3 is 15.4 Å². The van der Waals surface area contributed by atoms with Gasteiger partial charge >= 0.3 is 0 Å². The van der Waals surface area contributed by atoms with Crippen LogP contribution in [0.15, 0.2) is 48.5 Å². The van der Waals surface area contributed by atoms with Crippen molar-refractivity contribution in [3.63, 3.8) is 0 Å². The second kappa shape index (κ2) is 8.02. The second-order valence-electron chi connectivity index (χ2n) is 7.32. The zero-order valence-corrected chi connectivity index (χ0v) is 17.2. The average Bonchev–Trinajstić information content (AvgIpc) is 3.25. The van der Waals surface area contributed by atoms with Gasteiger partial charge in [0.1, 0.15) is 17.6 Å². The Balaban J connectivity index is 1.61. The van der Waals surface area contributed by atoms with Crippen LogP contribution in [0, 0.1) is 6.92 Å². The predicted octanol–water partition coefficient (Wildman–Crippen LogP) is 3.95. The summed E-state index contributed by atoms with van der Waals surface area (Å²) in [5.41, 5.74) is 4.46. The van der Waals surface area contributed by atoms with Crippen LogP contribution in [0.3, 0.4) is 0 Å². The standard InChI is InChI=1S/C23H24N4O3/c1-4-18-21(15-6-5-7-17(12-15)30-3)22-25-23(29)19(27(22)26-18)13-20(28)24-16-10-8-14(2)9-11-16/h5-12,19H,4,13H2,1-3H3,(H,24,28)(H,25,29). The number of ether oxygens (including phenoxy) is 1. The summed E-state index contributed by atoms with van der Waals surface area (Å²) in [5, 5.41) is 10.4. The van der Waals surface area contributed by atoms with E-state index in [2.05, 4.69) is 15.7 Å². The lowest BCUT2D eigenvalue weighted by molar-refractivity contribution is -0.123. The Morgan fingerprint density at radius 3 is 2.70 bits per heavy atom. The lowest BCUT2D eigenvalue weighted by Gasteiger charge is -2.10. The van der Waals surface area contributed by atoms with Gasteiger partial charge in [0.25, 0.3) is 5.91 Å². The minimum absolute atomic E-state index is 0.00902. The molecule has 0 spiro atoms. The van der Waals surface area contributed by atoms with Gasteiger partial charge in [0, 0.05) is 11.3 Å². The van der Waals surface area contributed by atoms with E-state index in [0.29, 0.717) is 17.9 Å². The molecule has 0 radical (unpaired) electrons. The number of aryl methyl sites for hydroxylation is 2. The molecule has 1 aliphatic heterocycles. The first-order chi connectivity index (χ1) is 14.5. The van der Waals surface area contributed by atoms with Gasteiger partial charge in [-0.15, -0.1) is 0 Å². The van der Waals surface area contributed by atoms with Gasteiger partial charge in [0.05, 0.1) is 19.2 Å². The Morgan fingerprint density at radius 2 is 2.00 bits per heavy atom. The van der Waals surface area contributed by atoms with E-state index < -0.39 is 6.04 Å². The number of benzene rings is 2. The van der Waals surface area contributed by atoms with Crippen molar-refractivity contribution in [2.45, 2.75) is 32.7 Å². The molecule has 0 fully saturated rings. The van der Waals surface area contributed by atoms with Crippen molar-refractivity contribution < 1.29 is 14.3 Å². The quantitative estimate of drug-likeness (QED) is 0.651. The highest BCUT2D eigenvalue weighted by atomic mass is 16.5. The fraction of sp³-hybridized carbons (Fsp3) is 0.261. The number of rotatable bonds is 6. The number of hydrogen-bond acceptors (Lipinski definition) is 4. The van der Waals surface area contributed by atoms with Gasteiger partial charge in [-0.2, -0.15) is 5.10 Å². The maximum absolute atomic E-state index is 12.7. The van der Waals surface area contributed by atoms with Gasteiger partial charge in [0.2, 0.25) is 5.91 Å². The van der Waals surface area contributed by atoms with Gasteiger partial charge in [-0.05, 0) is 43.2 Å². The molecular formula is C23H24N4O3. The molecular weight excluding hydrogens is 380 g/mol. The van der Waals surface area contributed by atoms with Crippen LogP contribution >= 0.6 is 0 Å². The van der Waals surface area contributed by atoms with Crippen LogP contribution in [0.25, 0.3) is 11.1 Å². The van der Waals surface area contributed by atoms with Crippen LogP contribution in [-0.2, 0) is 16.0 Å². The maximum atomic E-state index is 12.7. The molecule has 0 saturated heterocycles. The fourth-order valence-corrected chi connectivity index (χ4v) is 3.67. The first-order valence-electron chi connectivity index (χ1n) is 9.93. The number of nitrogens with one attached hydrogen (secondary N) is 2. The summed E-state index contributed by atoms with van der Waals surface area (Å²) in [4.78, 5) is 25.2. The summed E-state index contributed by atoms with van der Waals surface area (Å²) < 4.78 is 6.98. The summed E-state index contributed by atoms with van der Waals surface area (Å²) in [5.74, 6) is 0.887. The highest BCUT2D eigenvalue weighted by Crippen LogP contribution is 2.39. The maximum Gasteiger partial charge on any atom is 0.251 e. The number of nitrogens with zero attached hydrogens (tertiary/aromatic N) is 2. The second-order valence-corrected chi connectivity index (χ2v) is 7.32. The Morgan fingerprint density at radius 1 is 1.23 bits per heavy atom. The number of methoxy groups -OCH3 is 1. The Bertz CT molecular complexity index is 1100. The Labute approximate surface area is 175 Å². The van der Waals surface area contributed by atoms with Crippen molar-refractivity contribution in [2.24, 2.45) is 0 Å². The smallest absolute Gasteiger partial charge is 0.251 e. The van der Waals surface area contributed by atoms with Crippen molar-refractivity contribution in [1.82, 2.24) is 9.78 Å². The van der Waals surface area contributed by atoms with E-state index in [9.17, 15) is 9.59 Å². The molecule has 1 aliphatic rings. The van der Waals surface area contributed by atoms with E-state index in [0.717, 1.165) is 28.1 Å². The first kappa shape index (κ1) is 19.7. The largest absolute Gasteiger partial charge is 0.497 e. The topological polar surface area (TPSA) is 85.2 Å². The highest BCUT2D eigenvalue weighted by Gasteiger charge is 2.36. The number of carbonyl (C=O) groups excluding carboxylic acids is 2. The number of fused-ring (bicyclic) bond motifs is 1. The van der Waals surface area contributed by atoms with Crippen LogP contribution in [0.4, 0.5) is 11.5 Å². The van der Waals surface area contributed by atoms with Crippen LogP contribution in [0.1, 0.15) is 30.6 Å².